The van der Waals surface area contributed by atoms with E-state index in [1.165, 1.54) is 31.3 Å². The third kappa shape index (κ3) is 14.2. The lowest BCUT2D eigenvalue weighted by molar-refractivity contribution is -0.388. The van der Waals surface area contributed by atoms with Gasteiger partial charge in [-0.2, -0.15) is 8.78 Å². The number of nitro groups is 2. The van der Waals surface area contributed by atoms with Crippen LogP contribution in [0.5, 0.6) is 0 Å². The van der Waals surface area contributed by atoms with Crippen molar-refractivity contribution >= 4 is 56.9 Å². The summed E-state index contributed by atoms with van der Waals surface area (Å²) in [6, 6.07) is 19.4. The van der Waals surface area contributed by atoms with Gasteiger partial charge in [-0.3, -0.25) is 25.0 Å². The van der Waals surface area contributed by atoms with E-state index in [0.717, 1.165) is 61.8 Å². The zero-order valence-corrected chi connectivity index (χ0v) is 40.6. The van der Waals surface area contributed by atoms with E-state index in [-0.39, 0.29) is 28.9 Å². The fourth-order valence-electron chi connectivity index (χ4n) is 7.75. The molecule has 17 nitrogen and oxygen atoms in total. The number of halogens is 7. The highest BCUT2D eigenvalue weighted by molar-refractivity contribution is 6.00. The molecule has 3 N–H and O–H groups in total. The number of nitro benzene ring substituents is 2. The van der Waals surface area contributed by atoms with Gasteiger partial charge >= 0.3 is 11.4 Å². The number of anilines is 5. The molecule has 4 heterocycles. The van der Waals surface area contributed by atoms with Crippen molar-refractivity contribution in [2.24, 2.45) is 0 Å². The summed E-state index contributed by atoms with van der Waals surface area (Å²) in [5.41, 5.74) is 1.26. The number of carbonyl (C=O) groups excluding carboxylic acids is 1. The Bertz CT molecular complexity index is 2970. The van der Waals surface area contributed by atoms with Crippen molar-refractivity contribution in [3.63, 3.8) is 0 Å². The van der Waals surface area contributed by atoms with E-state index in [2.05, 4.69) is 54.2 Å². The highest BCUT2D eigenvalue weighted by Gasteiger charge is 2.26. The normalized spacial score (nSPS) is 15.1. The molecular weight excluding hydrogens is 982 g/mol. The Balaban J connectivity index is 0.000000197. The Labute approximate surface area is 421 Å². The predicted molar refractivity (Wildman–Crippen MR) is 269 cm³/mol. The van der Waals surface area contributed by atoms with Crippen LogP contribution in [0, 0.1) is 60.9 Å². The number of para-hydroxylation sites is 1. The molecule has 0 radical (unpaired) electrons. The van der Waals surface area contributed by atoms with Crippen LogP contribution in [0.25, 0.3) is 22.0 Å². The molecule has 392 valence electrons. The quantitative estimate of drug-likeness (QED) is 0.0413. The van der Waals surface area contributed by atoms with E-state index in [1.54, 1.807) is 23.2 Å². The third-order valence-electron chi connectivity index (χ3n) is 12.0. The standard InChI is InChI=1S/C28H26F2N6O.C11H13F2N3O2.C6H2F3NO2.C5H12N2/c1-3-24(37)32-20-8-4-6-18(16-20)21-9-5-7-19-17-31-28(34-27(19)21)33-22-10-11-23(26(30)25(22)29)36-14-12-35(2)13-15-36;1-14-4-6-15(7-5-14)8-2-3-9(16(17)18)11(13)10(8)12;7-3-1-2-4(10(11)12)6(9)5(3)8;1-7-4-2-6-3-5-7/h3-11,16-17H,1,12-15H2,2H3,(H,32,37)(H,31,33,34);2-3H,4-7H2,1H3;1-2H;6H,2-5H2,1H3. The molecular formula is C50H53F7N12O5. The molecule has 0 unspecified atom stereocenters. The van der Waals surface area contributed by atoms with Crippen LogP contribution < -0.4 is 25.8 Å². The zero-order valence-electron chi connectivity index (χ0n) is 40.6. The average Bonchev–Trinajstić information content (AvgIpc) is 3.39. The van der Waals surface area contributed by atoms with Gasteiger partial charge < -0.3 is 40.4 Å². The molecule has 0 saturated carbocycles. The lowest BCUT2D eigenvalue weighted by Crippen LogP contribution is -2.44. The number of benzene rings is 5. The molecule has 3 saturated heterocycles. The molecule has 3 aliphatic rings. The maximum absolute atomic E-state index is 15.0. The maximum atomic E-state index is 15.0. The summed E-state index contributed by atoms with van der Waals surface area (Å²) in [5.74, 6) is -9.63. The number of hydrogen-bond acceptors (Lipinski definition) is 14. The fraction of sp³-hybridized carbons (Fsp3) is 0.300. The van der Waals surface area contributed by atoms with Crippen molar-refractivity contribution in [1.29, 1.82) is 0 Å². The Morgan fingerprint density at radius 2 is 1.18 bits per heavy atom. The maximum Gasteiger partial charge on any atom is 0.308 e. The molecule has 0 atom stereocenters. The van der Waals surface area contributed by atoms with Gasteiger partial charge in [0.05, 0.1) is 32.4 Å². The number of nitrogens with one attached hydrogen (secondary N) is 3. The first-order valence-corrected chi connectivity index (χ1v) is 23.1. The Kier molecular flexibility index (Phi) is 19.3. The summed E-state index contributed by atoms with van der Waals surface area (Å²) in [6.07, 6.45) is 2.83. The molecule has 0 spiro atoms. The number of hydrogen-bond donors (Lipinski definition) is 3. The van der Waals surface area contributed by atoms with Crippen LogP contribution >= 0.6 is 0 Å². The average molecular weight is 1040 g/mol. The number of fused-ring (bicyclic) bond motifs is 1. The van der Waals surface area contributed by atoms with Crippen LogP contribution in [-0.4, -0.2) is 140 Å². The SMILES string of the molecule is C=CC(=O)Nc1cccc(-c2cccc3cnc(Nc4ccc(N5CCN(C)CC5)c(F)c4F)nc23)c1.CN1CCN(c2ccc([N+](=O)[O-])c(F)c2F)CC1.CN1CCNCC1.O=[N+]([O-])c1ccc(F)c(F)c1F. The number of rotatable bonds is 9. The second-order valence-electron chi connectivity index (χ2n) is 17.2. The minimum atomic E-state index is -1.83. The van der Waals surface area contributed by atoms with E-state index in [9.17, 15) is 51.4 Å². The van der Waals surface area contributed by atoms with E-state index < -0.39 is 61.9 Å². The monoisotopic (exact) mass is 1030 g/mol. The highest BCUT2D eigenvalue weighted by atomic mass is 19.2. The molecule has 1 aromatic heterocycles. The minimum Gasteiger partial charge on any atom is -0.367 e. The lowest BCUT2D eigenvalue weighted by Gasteiger charge is -2.34. The van der Waals surface area contributed by atoms with E-state index in [0.29, 0.717) is 49.5 Å². The summed E-state index contributed by atoms with van der Waals surface area (Å²) in [6.45, 7) is 13.7. The second kappa shape index (κ2) is 25.7. The third-order valence-corrected chi connectivity index (χ3v) is 12.0. The topological polar surface area (TPSA) is 181 Å². The van der Waals surface area contributed by atoms with E-state index in [1.807, 2.05) is 55.4 Å². The van der Waals surface area contributed by atoms with Crippen LogP contribution in [-0.2, 0) is 4.79 Å². The molecule has 9 rings (SSSR count). The first-order valence-electron chi connectivity index (χ1n) is 23.1. The van der Waals surface area contributed by atoms with Crippen molar-refractivity contribution < 1.29 is 45.4 Å². The summed E-state index contributed by atoms with van der Waals surface area (Å²) in [7, 11) is 6.11. The molecule has 74 heavy (non-hydrogen) atoms. The van der Waals surface area contributed by atoms with Crippen molar-refractivity contribution in [2.75, 3.05) is 120 Å². The number of likely N-dealkylation sites (N-methyl/N-ethyl adjacent to an activating group) is 3. The smallest absolute Gasteiger partial charge is 0.308 e. The van der Waals surface area contributed by atoms with Gasteiger partial charge in [0.25, 0.3) is 0 Å². The van der Waals surface area contributed by atoms with E-state index >= 15 is 4.39 Å². The van der Waals surface area contributed by atoms with Gasteiger partial charge in [0, 0.05) is 114 Å². The summed E-state index contributed by atoms with van der Waals surface area (Å²) in [5, 5.41) is 30.1. The summed E-state index contributed by atoms with van der Waals surface area (Å²) < 4.78 is 94.2. The lowest BCUT2D eigenvalue weighted by atomic mass is 10.0. The molecule has 6 aromatic rings. The molecule has 24 heteroatoms. The van der Waals surface area contributed by atoms with Crippen molar-refractivity contribution in [2.45, 2.75) is 0 Å². The van der Waals surface area contributed by atoms with Crippen molar-refractivity contribution in [1.82, 2.24) is 30.0 Å². The predicted octanol–water partition coefficient (Wildman–Crippen LogP) is 8.35. The van der Waals surface area contributed by atoms with Crippen molar-refractivity contribution in [3.8, 4) is 11.1 Å². The number of nitrogens with zero attached hydrogens (tertiary/aromatic N) is 9. The molecule has 5 aromatic carbocycles. The minimum absolute atomic E-state index is 0.0404. The van der Waals surface area contributed by atoms with Gasteiger partial charge in [-0.25, -0.2) is 31.9 Å². The van der Waals surface area contributed by atoms with Crippen LogP contribution in [0.1, 0.15) is 0 Å². The van der Waals surface area contributed by atoms with Gasteiger partial charge in [0.1, 0.15) is 0 Å². The molecule has 3 aliphatic heterocycles. The summed E-state index contributed by atoms with van der Waals surface area (Å²) >= 11 is 0. The van der Waals surface area contributed by atoms with Crippen LogP contribution in [0.2, 0.25) is 0 Å². The van der Waals surface area contributed by atoms with Gasteiger partial charge in [-0.15, -0.1) is 0 Å². The van der Waals surface area contributed by atoms with Crippen LogP contribution in [0.4, 0.5) is 70.8 Å². The van der Waals surface area contributed by atoms with Crippen LogP contribution in [0.15, 0.2) is 97.7 Å². The molecule has 1 amide bonds. The number of amides is 1. The first-order chi connectivity index (χ1) is 35.4. The Morgan fingerprint density at radius 1 is 0.649 bits per heavy atom. The largest absolute Gasteiger partial charge is 0.367 e. The molecule has 0 aliphatic carbocycles. The molecule has 3 fully saturated rings. The van der Waals surface area contributed by atoms with E-state index in [4.69, 9.17) is 0 Å². The highest BCUT2D eigenvalue weighted by Crippen LogP contribution is 2.33. The van der Waals surface area contributed by atoms with Crippen LogP contribution in [0.3, 0.4) is 0 Å². The van der Waals surface area contributed by atoms with Gasteiger partial charge in [-0.05, 0) is 69.2 Å². The molecule has 0 bridgehead atoms. The second-order valence-corrected chi connectivity index (χ2v) is 17.2. The number of piperazine rings is 3. The van der Waals surface area contributed by atoms with Gasteiger partial charge in [0.2, 0.25) is 29.3 Å². The van der Waals surface area contributed by atoms with Gasteiger partial charge in [-0.1, -0.05) is 36.9 Å². The Morgan fingerprint density at radius 3 is 1.73 bits per heavy atom. The number of carbonyl (C=O) groups is 1. The van der Waals surface area contributed by atoms with Crippen molar-refractivity contribution in [3.05, 3.63) is 159 Å². The summed E-state index contributed by atoms with van der Waals surface area (Å²) in [4.78, 5) is 49.1. The van der Waals surface area contributed by atoms with Gasteiger partial charge in [0.15, 0.2) is 23.3 Å². The first kappa shape index (κ1) is 55.5. The zero-order chi connectivity index (χ0) is 53.6. The number of aromatic nitrogens is 2. The Hall–Kier alpha value is -7.80. The fourth-order valence-corrected chi connectivity index (χ4v) is 7.75.